The van der Waals surface area contributed by atoms with Crippen LogP contribution in [0.2, 0.25) is 0 Å². The minimum atomic E-state index is -1.95. The molecule has 6 nitrogen and oxygen atoms in total. The van der Waals surface area contributed by atoms with Crippen molar-refractivity contribution in [1.29, 1.82) is 0 Å². The molecular weight excluding hydrogens is 382 g/mol. The van der Waals surface area contributed by atoms with Crippen LogP contribution >= 0.6 is 0 Å². The third-order valence-electron chi connectivity index (χ3n) is 5.59. The zero-order chi connectivity index (χ0) is 21.4. The van der Waals surface area contributed by atoms with Crippen LogP contribution in [0.1, 0.15) is 55.8 Å². The van der Waals surface area contributed by atoms with Crippen molar-refractivity contribution >= 4 is 5.97 Å². The van der Waals surface area contributed by atoms with Gasteiger partial charge in [0.25, 0.3) is 0 Å². The van der Waals surface area contributed by atoms with E-state index < -0.39 is 17.9 Å². The smallest absolute Gasteiger partial charge is 0.342 e. The molecule has 1 aliphatic carbocycles. The summed E-state index contributed by atoms with van der Waals surface area (Å²) in [5.41, 5.74) is 6.42. The molecule has 0 heterocycles. The van der Waals surface area contributed by atoms with Gasteiger partial charge in [-0.3, -0.25) is 0 Å². The molecule has 6 heteroatoms. The Labute approximate surface area is 177 Å². The maximum absolute atomic E-state index is 12.5. The first-order valence-corrected chi connectivity index (χ1v) is 10.6. The van der Waals surface area contributed by atoms with E-state index in [1.165, 1.54) is 32.1 Å². The minimum Gasteiger partial charge on any atom is -0.493 e. The van der Waals surface area contributed by atoms with Crippen LogP contribution in [0.25, 0.3) is 0 Å². The summed E-state index contributed by atoms with van der Waals surface area (Å²) >= 11 is 0. The van der Waals surface area contributed by atoms with Crippen LogP contribution in [0.15, 0.2) is 54.6 Å². The van der Waals surface area contributed by atoms with Crippen molar-refractivity contribution in [2.24, 2.45) is 11.7 Å². The standard InChI is InChI=1S/C24H31NO5/c25-15-14-24(28,30-23(27)22(26)19-10-5-2-6-11-19)20-12-7-13-21(16-20)29-17-18-8-3-1-4-9-18/h2,5-7,10-13,16,18,22,26,28H,1,3-4,8-9,14-15,17,25H2/t22-,24?/m1/s1. The molecule has 0 aromatic heterocycles. The fourth-order valence-electron chi connectivity index (χ4n) is 3.84. The second-order valence-electron chi connectivity index (χ2n) is 7.90. The van der Waals surface area contributed by atoms with E-state index >= 15 is 0 Å². The molecule has 1 saturated carbocycles. The number of carbonyl (C=O) groups excluding carboxylic acids is 1. The molecule has 0 aliphatic heterocycles. The Hall–Kier alpha value is -2.41. The lowest BCUT2D eigenvalue weighted by Crippen LogP contribution is -2.36. The van der Waals surface area contributed by atoms with Crippen molar-refractivity contribution in [3.8, 4) is 5.75 Å². The van der Waals surface area contributed by atoms with E-state index in [9.17, 15) is 15.0 Å². The molecular formula is C24H31NO5. The first-order chi connectivity index (χ1) is 14.5. The summed E-state index contributed by atoms with van der Waals surface area (Å²) in [6, 6.07) is 15.3. The second kappa shape index (κ2) is 10.6. The van der Waals surface area contributed by atoms with Crippen LogP contribution < -0.4 is 10.5 Å². The van der Waals surface area contributed by atoms with Crippen LogP contribution in [-0.2, 0) is 15.3 Å². The Morgan fingerprint density at radius 1 is 1.10 bits per heavy atom. The van der Waals surface area contributed by atoms with Gasteiger partial charge in [0.05, 0.1) is 6.61 Å². The van der Waals surface area contributed by atoms with Gasteiger partial charge in [0, 0.05) is 12.0 Å². The highest BCUT2D eigenvalue weighted by molar-refractivity contribution is 5.76. The van der Waals surface area contributed by atoms with E-state index in [4.69, 9.17) is 15.2 Å². The van der Waals surface area contributed by atoms with Crippen molar-refractivity contribution in [2.45, 2.75) is 50.4 Å². The number of ether oxygens (including phenoxy) is 2. The van der Waals surface area contributed by atoms with Crippen molar-refractivity contribution in [3.05, 3.63) is 65.7 Å². The predicted octanol–water partition coefficient (Wildman–Crippen LogP) is 3.42. The highest BCUT2D eigenvalue weighted by Crippen LogP contribution is 2.32. The summed E-state index contributed by atoms with van der Waals surface area (Å²) in [7, 11) is 0. The topological polar surface area (TPSA) is 102 Å². The van der Waals surface area contributed by atoms with Crippen molar-refractivity contribution in [1.82, 2.24) is 0 Å². The van der Waals surface area contributed by atoms with Gasteiger partial charge in [-0.15, -0.1) is 0 Å². The monoisotopic (exact) mass is 413 g/mol. The maximum atomic E-state index is 12.5. The molecule has 1 aliphatic rings. The molecule has 0 bridgehead atoms. The Morgan fingerprint density at radius 2 is 1.83 bits per heavy atom. The van der Waals surface area contributed by atoms with Crippen molar-refractivity contribution in [3.63, 3.8) is 0 Å². The molecule has 2 aromatic rings. The molecule has 4 N–H and O–H groups in total. The van der Waals surface area contributed by atoms with Crippen molar-refractivity contribution in [2.75, 3.05) is 13.2 Å². The number of carbonyl (C=O) groups is 1. The molecule has 0 amide bonds. The summed E-state index contributed by atoms with van der Waals surface area (Å²) in [5, 5.41) is 21.4. The molecule has 0 radical (unpaired) electrons. The third-order valence-corrected chi connectivity index (χ3v) is 5.59. The summed E-state index contributed by atoms with van der Waals surface area (Å²) in [6.07, 6.45) is 4.61. The molecule has 162 valence electrons. The van der Waals surface area contributed by atoms with Crippen LogP contribution in [0.4, 0.5) is 0 Å². The molecule has 1 fully saturated rings. The molecule has 30 heavy (non-hydrogen) atoms. The summed E-state index contributed by atoms with van der Waals surface area (Å²) in [5.74, 6) is -1.74. The van der Waals surface area contributed by atoms with Crippen molar-refractivity contribution < 1.29 is 24.5 Å². The minimum absolute atomic E-state index is 0.00761. The number of hydrogen-bond acceptors (Lipinski definition) is 6. The number of rotatable bonds is 9. The Bertz CT molecular complexity index is 806. The van der Waals surface area contributed by atoms with Crippen LogP contribution in [-0.4, -0.2) is 29.3 Å². The maximum Gasteiger partial charge on any atom is 0.342 e. The zero-order valence-electron chi connectivity index (χ0n) is 17.2. The van der Waals surface area contributed by atoms with E-state index in [1.54, 1.807) is 48.5 Å². The van der Waals surface area contributed by atoms with E-state index in [2.05, 4.69) is 0 Å². The van der Waals surface area contributed by atoms with Gasteiger partial charge in [-0.25, -0.2) is 4.79 Å². The highest BCUT2D eigenvalue weighted by atomic mass is 16.7. The van der Waals surface area contributed by atoms with Crippen LogP contribution in [0, 0.1) is 5.92 Å². The van der Waals surface area contributed by atoms with Gasteiger partial charge < -0.3 is 25.4 Å². The first-order valence-electron chi connectivity index (χ1n) is 10.6. The summed E-state index contributed by atoms with van der Waals surface area (Å²) < 4.78 is 11.3. The molecule has 0 saturated heterocycles. The van der Waals surface area contributed by atoms with Crippen LogP contribution in [0.5, 0.6) is 5.75 Å². The van der Waals surface area contributed by atoms with Gasteiger partial charge in [0.2, 0.25) is 5.79 Å². The second-order valence-corrected chi connectivity index (χ2v) is 7.90. The fourth-order valence-corrected chi connectivity index (χ4v) is 3.84. The van der Waals surface area contributed by atoms with Gasteiger partial charge in [-0.2, -0.15) is 0 Å². The number of benzene rings is 2. The number of esters is 1. The van der Waals surface area contributed by atoms with Gasteiger partial charge in [-0.1, -0.05) is 61.7 Å². The largest absolute Gasteiger partial charge is 0.493 e. The molecule has 2 atom stereocenters. The lowest BCUT2D eigenvalue weighted by molar-refractivity contribution is -0.225. The first kappa shape index (κ1) is 22.3. The van der Waals surface area contributed by atoms with Gasteiger partial charge in [0.15, 0.2) is 6.10 Å². The highest BCUT2D eigenvalue weighted by Gasteiger charge is 2.36. The summed E-state index contributed by atoms with van der Waals surface area (Å²) in [6.45, 7) is 0.726. The molecule has 0 spiro atoms. The Morgan fingerprint density at radius 3 is 2.53 bits per heavy atom. The lowest BCUT2D eigenvalue weighted by Gasteiger charge is -2.29. The summed E-state index contributed by atoms with van der Waals surface area (Å²) in [4.78, 5) is 12.5. The van der Waals surface area contributed by atoms with Gasteiger partial charge in [0.1, 0.15) is 5.75 Å². The quantitative estimate of drug-likeness (QED) is 0.430. The lowest BCUT2D eigenvalue weighted by atomic mass is 9.90. The van der Waals surface area contributed by atoms with E-state index in [0.717, 1.165) is 0 Å². The van der Waals surface area contributed by atoms with E-state index in [0.29, 0.717) is 29.4 Å². The molecule has 2 aromatic carbocycles. The fraction of sp³-hybridized carbons (Fsp3) is 0.458. The van der Waals surface area contributed by atoms with Gasteiger partial charge >= 0.3 is 5.97 Å². The van der Waals surface area contributed by atoms with Gasteiger partial charge in [-0.05, 0) is 43.0 Å². The number of nitrogens with two attached hydrogens (primary N) is 1. The normalized spacial score (nSPS) is 17.7. The number of hydrogen-bond donors (Lipinski definition) is 3. The third kappa shape index (κ3) is 5.81. The average molecular weight is 414 g/mol. The number of aliphatic hydroxyl groups excluding tert-OH is 1. The molecule has 1 unspecified atom stereocenters. The molecule has 3 rings (SSSR count). The Balaban J connectivity index is 1.71. The predicted molar refractivity (Wildman–Crippen MR) is 114 cm³/mol. The average Bonchev–Trinajstić information content (AvgIpc) is 2.79. The van der Waals surface area contributed by atoms with E-state index in [1.807, 2.05) is 6.07 Å². The van der Waals surface area contributed by atoms with Crippen LogP contribution in [0.3, 0.4) is 0 Å². The van der Waals surface area contributed by atoms with E-state index in [-0.39, 0.29) is 13.0 Å². The SMILES string of the molecule is NCCC(O)(OC(=O)[C@H](O)c1ccccc1)c1cccc(OCC2CCCCC2)c1. The zero-order valence-corrected chi connectivity index (χ0v) is 17.2. The Kier molecular flexibility index (Phi) is 7.85. The number of aliphatic hydroxyl groups is 2.